The largest absolute Gasteiger partial charge is 0.479 e. The molecule has 1 heterocycles. The average molecular weight is 1190 g/mol. The van der Waals surface area contributed by atoms with Gasteiger partial charge in [-0.25, -0.2) is 4.79 Å². The van der Waals surface area contributed by atoms with Gasteiger partial charge in [0.25, 0.3) is 0 Å². The Bertz CT molecular complexity index is 1990. The second kappa shape index (κ2) is 59.2. The van der Waals surface area contributed by atoms with E-state index in [1.54, 1.807) is 0 Å². The zero-order chi connectivity index (χ0) is 61.7. The Kier molecular flexibility index (Phi) is 54.2. The SMILES string of the molecule is CC/C=C\C/C=C\C/C=C\C/C=C\C/C=C\C/C=C\CCC(=O)OCC(COC1OC(C(=O)O)C(O)C(O)C1OC(=O)CCCCCCCCCCC/C=C\CCCCCCCC)OC(=O)CCCCCC/C=C\C/C=C\C/C=C\C/C=C\CC. The Labute approximate surface area is 515 Å². The number of esters is 3. The highest BCUT2D eigenvalue weighted by molar-refractivity contribution is 5.74. The summed E-state index contributed by atoms with van der Waals surface area (Å²) in [5.74, 6) is -3.28. The van der Waals surface area contributed by atoms with Crippen molar-refractivity contribution in [1.82, 2.24) is 0 Å². The van der Waals surface area contributed by atoms with Gasteiger partial charge in [-0.1, -0.05) is 244 Å². The van der Waals surface area contributed by atoms with Crippen molar-refractivity contribution in [2.75, 3.05) is 13.2 Å². The molecule has 6 atom stereocenters. The third-order valence-electron chi connectivity index (χ3n) is 14.2. The maximum Gasteiger partial charge on any atom is 0.335 e. The summed E-state index contributed by atoms with van der Waals surface area (Å²) < 4.78 is 28.4. The highest BCUT2D eigenvalue weighted by Crippen LogP contribution is 2.26. The number of hydrogen-bond donors (Lipinski definition) is 3. The first-order valence-electron chi connectivity index (χ1n) is 33.2. The number of carbonyl (C=O) groups excluding carboxylic acids is 3. The molecule has 480 valence electrons. The molecule has 1 fully saturated rings. The van der Waals surface area contributed by atoms with Crippen LogP contribution in [0.25, 0.3) is 0 Å². The number of aliphatic carboxylic acids is 1. The molecule has 0 saturated carbocycles. The molecule has 0 bridgehead atoms. The molecule has 1 aliphatic heterocycles. The van der Waals surface area contributed by atoms with Crippen LogP contribution in [0.5, 0.6) is 0 Å². The third-order valence-corrected chi connectivity index (χ3v) is 14.2. The molecule has 0 radical (unpaired) electrons. The van der Waals surface area contributed by atoms with E-state index in [1.807, 2.05) is 12.2 Å². The smallest absolute Gasteiger partial charge is 0.335 e. The summed E-state index contributed by atoms with van der Waals surface area (Å²) >= 11 is 0. The lowest BCUT2D eigenvalue weighted by Crippen LogP contribution is -2.61. The molecule has 0 aromatic heterocycles. The van der Waals surface area contributed by atoms with Crippen molar-refractivity contribution in [2.45, 2.75) is 289 Å². The minimum Gasteiger partial charge on any atom is -0.479 e. The van der Waals surface area contributed by atoms with Crippen molar-refractivity contribution < 1.29 is 58.2 Å². The molecule has 0 aromatic rings. The first kappa shape index (κ1) is 77.9. The fourth-order valence-corrected chi connectivity index (χ4v) is 9.20. The molecule has 12 nitrogen and oxygen atoms in total. The van der Waals surface area contributed by atoms with E-state index in [9.17, 15) is 34.5 Å². The van der Waals surface area contributed by atoms with Gasteiger partial charge in [0.05, 0.1) is 6.61 Å². The van der Waals surface area contributed by atoms with Crippen LogP contribution in [0, 0.1) is 0 Å². The van der Waals surface area contributed by atoms with Crippen LogP contribution in [-0.2, 0) is 42.9 Å². The van der Waals surface area contributed by atoms with Gasteiger partial charge in [0.2, 0.25) is 0 Å². The monoisotopic (exact) mass is 1180 g/mol. The third kappa shape index (κ3) is 48.6. The van der Waals surface area contributed by atoms with Gasteiger partial charge in [-0.2, -0.15) is 0 Å². The first-order chi connectivity index (χ1) is 41.6. The number of carbonyl (C=O) groups is 4. The number of aliphatic hydroxyl groups is 2. The van der Waals surface area contributed by atoms with Crippen LogP contribution in [0.2, 0.25) is 0 Å². The molecule has 0 amide bonds. The zero-order valence-electron chi connectivity index (χ0n) is 53.1. The normalized spacial score (nSPS) is 18.3. The molecular formula is C73H116O12. The molecule has 0 spiro atoms. The molecular weight excluding hydrogens is 1070 g/mol. The first-order valence-corrected chi connectivity index (χ1v) is 33.2. The van der Waals surface area contributed by atoms with Crippen molar-refractivity contribution in [3.63, 3.8) is 0 Å². The maximum absolute atomic E-state index is 13.2. The number of rotatable bonds is 55. The van der Waals surface area contributed by atoms with Crippen molar-refractivity contribution in [3.8, 4) is 0 Å². The topological polar surface area (TPSA) is 175 Å². The molecule has 6 unspecified atom stereocenters. The minimum absolute atomic E-state index is 0.0416. The quantitative estimate of drug-likeness (QED) is 0.0228. The van der Waals surface area contributed by atoms with Crippen LogP contribution in [0.4, 0.5) is 0 Å². The van der Waals surface area contributed by atoms with Crippen LogP contribution in [-0.4, -0.2) is 89.2 Å². The molecule has 12 heteroatoms. The Morgan fingerprint density at radius 3 is 1.19 bits per heavy atom. The maximum atomic E-state index is 13.2. The zero-order valence-corrected chi connectivity index (χ0v) is 53.1. The predicted octanol–water partition coefficient (Wildman–Crippen LogP) is 18.1. The van der Waals surface area contributed by atoms with Crippen molar-refractivity contribution >= 4 is 23.9 Å². The van der Waals surface area contributed by atoms with Crippen LogP contribution >= 0.6 is 0 Å². The minimum atomic E-state index is -1.92. The molecule has 1 saturated heterocycles. The predicted molar refractivity (Wildman–Crippen MR) is 349 cm³/mol. The van der Waals surface area contributed by atoms with Crippen molar-refractivity contribution in [2.24, 2.45) is 0 Å². The van der Waals surface area contributed by atoms with E-state index in [1.165, 1.54) is 70.6 Å². The fourth-order valence-electron chi connectivity index (χ4n) is 9.20. The van der Waals surface area contributed by atoms with Gasteiger partial charge < -0.3 is 39.0 Å². The molecule has 1 rings (SSSR count). The Morgan fingerprint density at radius 1 is 0.400 bits per heavy atom. The number of carboxylic acid groups (broad SMARTS) is 1. The van der Waals surface area contributed by atoms with Crippen molar-refractivity contribution in [3.05, 3.63) is 134 Å². The van der Waals surface area contributed by atoms with Crippen molar-refractivity contribution in [1.29, 1.82) is 0 Å². The number of unbranched alkanes of at least 4 members (excludes halogenated alkanes) is 19. The molecule has 0 aliphatic carbocycles. The highest BCUT2D eigenvalue weighted by atomic mass is 16.7. The van der Waals surface area contributed by atoms with E-state index in [-0.39, 0.29) is 25.9 Å². The van der Waals surface area contributed by atoms with Gasteiger partial charge in [-0.05, 0) is 122 Å². The van der Waals surface area contributed by atoms with Gasteiger partial charge in [-0.3, -0.25) is 14.4 Å². The lowest BCUT2D eigenvalue weighted by atomic mass is 9.98. The summed E-state index contributed by atoms with van der Waals surface area (Å²) in [6, 6.07) is 0. The lowest BCUT2D eigenvalue weighted by molar-refractivity contribution is -0.301. The molecule has 1 aliphatic rings. The number of carboxylic acids is 1. The number of ether oxygens (including phenoxy) is 5. The number of aliphatic hydroxyl groups excluding tert-OH is 2. The number of allylic oxidation sites excluding steroid dienone is 22. The summed E-state index contributed by atoms with van der Waals surface area (Å²) in [7, 11) is 0. The van der Waals surface area contributed by atoms with Gasteiger partial charge >= 0.3 is 23.9 Å². The average Bonchev–Trinajstić information content (AvgIpc) is 3.51. The van der Waals surface area contributed by atoms with E-state index in [2.05, 4.69) is 142 Å². The van der Waals surface area contributed by atoms with Crippen LogP contribution in [0.1, 0.15) is 252 Å². The van der Waals surface area contributed by atoms with E-state index in [0.29, 0.717) is 19.3 Å². The summed E-state index contributed by atoms with van der Waals surface area (Å²) in [5, 5.41) is 31.6. The summed E-state index contributed by atoms with van der Waals surface area (Å²) in [4.78, 5) is 51.4. The standard InChI is InChI=1S/C73H116O12/c1-4-7-10-13-16-19-22-25-28-31-33-36-38-41-44-47-50-53-56-59-65(74)81-62-64(83-66(75)60-57-54-51-48-45-42-39-35-30-27-24-21-18-15-12-9-6-3)63-82-73-71(69(78)68(77)70(85-73)72(79)80)84-67(76)61-58-55-52-49-46-43-40-37-34-32-29-26-23-20-17-14-11-8-5-2/h7,9-10,12,16,18-19,21,25-30,33,36,39,41-42,44,50,53,64,68-71,73,77-78H,4-6,8,11,13-15,17,20,22-24,31-32,34-35,37-38,40,43,45-49,51-52,54-63H2,1-3H3,(H,79,80)/b10-7-,12-9-,19-16-,21-18-,28-25-,29-26-,30-27-,36-33-,42-39-,44-41-,53-50-. The van der Waals surface area contributed by atoms with Gasteiger partial charge in [-0.15, -0.1) is 0 Å². The highest BCUT2D eigenvalue weighted by Gasteiger charge is 2.50. The summed E-state index contributed by atoms with van der Waals surface area (Å²) in [6.07, 6.45) is 71.3. The Morgan fingerprint density at radius 2 is 0.765 bits per heavy atom. The lowest BCUT2D eigenvalue weighted by Gasteiger charge is -2.40. The second-order valence-corrected chi connectivity index (χ2v) is 22.0. The van der Waals surface area contributed by atoms with Crippen LogP contribution in [0.3, 0.4) is 0 Å². The molecule has 0 aromatic carbocycles. The second-order valence-electron chi connectivity index (χ2n) is 22.0. The van der Waals surface area contributed by atoms with Gasteiger partial charge in [0.15, 0.2) is 24.6 Å². The van der Waals surface area contributed by atoms with E-state index < -0.39 is 67.3 Å². The van der Waals surface area contributed by atoms with E-state index >= 15 is 0 Å². The van der Waals surface area contributed by atoms with Gasteiger partial charge in [0.1, 0.15) is 18.8 Å². The molecule has 85 heavy (non-hydrogen) atoms. The van der Waals surface area contributed by atoms with E-state index in [4.69, 9.17) is 23.7 Å². The summed E-state index contributed by atoms with van der Waals surface area (Å²) in [5.41, 5.74) is 0. The summed E-state index contributed by atoms with van der Waals surface area (Å²) in [6.45, 7) is 5.69. The Balaban J connectivity index is 2.72. The Hall–Kier alpha value is -5.14. The van der Waals surface area contributed by atoms with Crippen LogP contribution in [0.15, 0.2) is 134 Å². The van der Waals surface area contributed by atoms with E-state index in [0.717, 1.165) is 122 Å². The number of hydrogen-bond acceptors (Lipinski definition) is 11. The van der Waals surface area contributed by atoms with Crippen LogP contribution < -0.4 is 0 Å². The van der Waals surface area contributed by atoms with Gasteiger partial charge in [0, 0.05) is 19.3 Å². The molecule has 3 N–H and O–H groups in total. The fraction of sp³-hybridized carbons (Fsp3) is 0.644.